The fourth-order valence-electron chi connectivity index (χ4n) is 2.86. The van der Waals surface area contributed by atoms with E-state index in [2.05, 4.69) is 15.5 Å². The second kappa shape index (κ2) is 10.1. The highest BCUT2D eigenvalue weighted by Crippen LogP contribution is 2.29. The largest absolute Gasteiger partial charge is 0.385 e. The highest BCUT2D eigenvalue weighted by atomic mass is 32.2. The molecule has 1 aromatic heterocycles. The molecule has 8 heteroatoms. The molecule has 1 amide bonds. The van der Waals surface area contributed by atoms with E-state index >= 15 is 0 Å². The first-order valence-corrected chi connectivity index (χ1v) is 10.2. The highest BCUT2D eigenvalue weighted by molar-refractivity contribution is 8.00. The number of methoxy groups -OCH3 is 1. The predicted molar refractivity (Wildman–Crippen MR) is 115 cm³/mol. The molecule has 1 heterocycles. The molecule has 0 saturated carbocycles. The van der Waals surface area contributed by atoms with E-state index in [9.17, 15) is 9.59 Å². The lowest BCUT2D eigenvalue weighted by molar-refractivity contribution is -0.115. The maximum atomic E-state index is 12.8. The van der Waals surface area contributed by atoms with Crippen LogP contribution in [-0.2, 0) is 16.1 Å². The van der Waals surface area contributed by atoms with E-state index in [4.69, 9.17) is 4.74 Å². The van der Waals surface area contributed by atoms with Gasteiger partial charge < -0.3 is 10.1 Å². The smallest absolute Gasteiger partial charge is 0.343 e. The highest BCUT2D eigenvalue weighted by Gasteiger charge is 2.20. The van der Waals surface area contributed by atoms with Crippen LogP contribution in [-0.4, -0.2) is 39.6 Å². The number of anilines is 1. The molecule has 0 spiro atoms. The molecule has 29 heavy (non-hydrogen) atoms. The van der Waals surface area contributed by atoms with Gasteiger partial charge in [-0.1, -0.05) is 60.3 Å². The Balaban J connectivity index is 1.71. The zero-order chi connectivity index (χ0) is 20.6. The number of carbonyl (C=O) groups excluding carboxylic acids is 1. The van der Waals surface area contributed by atoms with Gasteiger partial charge in [0.2, 0.25) is 5.91 Å². The molecule has 0 aliphatic rings. The van der Waals surface area contributed by atoms with Crippen molar-refractivity contribution in [3.8, 4) is 11.1 Å². The topological polar surface area (TPSA) is 89.0 Å². The lowest BCUT2D eigenvalue weighted by atomic mass is 10.0. The number of H-pyrrole nitrogens is 1. The van der Waals surface area contributed by atoms with Crippen LogP contribution in [0.3, 0.4) is 0 Å². The third kappa shape index (κ3) is 5.36. The first kappa shape index (κ1) is 20.9. The van der Waals surface area contributed by atoms with Gasteiger partial charge in [0, 0.05) is 31.5 Å². The molecule has 0 bridgehead atoms. The molecule has 152 valence electrons. The molecule has 0 aliphatic carbocycles. The molecule has 0 saturated heterocycles. The lowest BCUT2D eigenvalue weighted by Crippen LogP contribution is -2.24. The molecule has 0 aliphatic heterocycles. The van der Waals surface area contributed by atoms with Gasteiger partial charge in [-0.05, 0) is 25.0 Å². The SMILES string of the molecule is COCCCn1c(SC(C)C(=O)Nc2ccccc2-c2ccccc2)n[nH]c1=O. The molecule has 3 rings (SSSR count). The summed E-state index contributed by atoms with van der Waals surface area (Å²) >= 11 is 1.25. The Labute approximate surface area is 173 Å². The molecule has 7 nitrogen and oxygen atoms in total. The second-order valence-corrected chi connectivity index (χ2v) is 7.78. The van der Waals surface area contributed by atoms with E-state index in [-0.39, 0.29) is 11.6 Å². The minimum atomic E-state index is -0.435. The molecule has 1 unspecified atom stereocenters. The number of nitrogens with zero attached hydrogens (tertiary/aromatic N) is 2. The van der Waals surface area contributed by atoms with Gasteiger partial charge in [0.15, 0.2) is 5.16 Å². The van der Waals surface area contributed by atoms with Crippen molar-refractivity contribution in [3.63, 3.8) is 0 Å². The Morgan fingerprint density at radius 2 is 1.93 bits per heavy atom. The fraction of sp³-hybridized carbons (Fsp3) is 0.286. The summed E-state index contributed by atoms with van der Waals surface area (Å²) in [5, 5.41) is 9.57. The van der Waals surface area contributed by atoms with Crippen LogP contribution in [0.5, 0.6) is 0 Å². The minimum absolute atomic E-state index is 0.155. The molecule has 0 fully saturated rings. The monoisotopic (exact) mass is 412 g/mol. The van der Waals surface area contributed by atoms with Crippen molar-refractivity contribution in [2.45, 2.75) is 30.3 Å². The number of aromatic nitrogens is 3. The van der Waals surface area contributed by atoms with Crippen LogP contribution < -0.4 is 11.0 Å². The lowest BCUT2D eigenvalue weighted by Gasteiger charge is -2.15. The van der Waals surface area contributed by atoms with Crippen molar-refractivity contribution < 1.29 is 9.53 Å². The Morgan fingerprint density at radius 1 is 1.21 bits per heavy atom. The number of rotatable bonds is 9. The van der Waals surface area contributed by atoms with E-state index in [1.54, 1.807) is 14.0 Å². The molecule has 2 N–H and O–H groups in total. The molecular weight excluding hydrogens is 388 g/mol. The van der Waals surface area contributed by atoms with Crippen molar-refractivity contribution in [2.24, 2.45) is 0 Å². The number of hydrogen-bond acceptors (Lipinski definition) is 5. The Hall–Kier alpha value is -2.84. The summed E-state index contributed by atoms with van der Waals surface area (Å²) in [6, 6.07) is 17.6. The molecular formula is C21H24N4O3S. The summed E-state index contributed by atoms with van der Waals surface area (Å²) in [6.45, 7) is 2.83. The number of benzene rings is 2. The second-order valence-electron chi connectivity index (χ2n) is 6.47. The van der Waals surface area contributed by atoms with Crippen molar-refractivity contribution in [2.75, 3.05) is 19.0 Å². The summed E-state index contributed by atoms with van der Waals surface area (Å²) in [4.78, 5) is 24.8. The summed E-state index contributed by atoms with van der Waals surface area (Å²) in [7, 11) is 1.62. The van der Waals surface area contributed by atoms with Gasteiger partial charge in [-0.15, -0.1) is 5.10 Å². The van der Waals surface area contributed by atoms with Gasteiger partial charge in [0.25, 0.3) is 0 Å². The van der Waals surface area contributed by atoms with Gasteiger partial charge in [0.05, 0.1) is 5.25 Å². The summed E-state index contributed by atoms with van der Waals surface area (Å²) in [6.07, 6.45) is 0.689. The number of amides is 1. The Bertz CT molecular complexity index is 1000. The number of ether oxygens (including phenoxy) is 1. The van der Waals surface area contributed by atoms with Crippen LogP contribution in [0.2, 0.25) is 0 Å². The van der Waals surface area contributed by atoms with E-state index in [1.807, 2.05) is 54.6 Å². The first-order chi connectivity index (χ1) is 14.1. The normalized spacial score (nSPS) is 11.9. The summed E-state index contributed by atoms with van der Waals surface area (Å²) in [5.41, 5.74) is 2.44. The van der Waals surface area contributed by atoms with E-state index in [1.165, 1.54) is 16.3 Å². The van der Waals surface area contributed by atoms with E-state index in [0.717, 1.165) is 16.8 Å². The van der Waals surface area contributed by atoms with Gasteiger partial charge in [-0.2, -0.15) is 0 Å². The summed E-state index contributed by atoms with van der Waals surface area (Å²) in [5.74, 6) is -0.155. The van der Waals surface area contributed by atoms with Crippen LogP contribution in [0.1, 0.15) is 13.3 Å². The van der Waals surface area contributed by atoms with E-state index in [0.29, 0.717) is 24.7 Å². The van der Waals surface area contributed by atoms with Crippen molar-refractivity contribution >= 4 is 23.4 Å². The van der Waals surface area contributed by atoms with Gasteiger partial charge >= 0.3 is 5.69 Å². The standard InChI is InChI=1S/C21H24N4O3S/c1-15(29-21-24-23-20(27)25(21)13-8-14-28-2)19(26)22-18-12-7-6-11-17(18)16-9-4-3-5-10-16/h3-7,9-12,15H,8,13-14H2,1-2H3,(H,22,26)(H,23,27). The molecule has 3 aromatic rings. The number of carbonyl (C=O) groups is 1. The zero-order valence-corrected chi connectivity index (χ0v) is 17.2. The van der Waals surface area contributed by atoms with Crippen molar-refractivity contribution in [3.05, 3.63) is 65.1 Å². The number of para-hydroxylation sites is 1. The van der Waals surface area contributed by atoms with E-state index < -0.39 is 5.25 Å². The van der Waals surface area contributed by atoms with Crippen molar-refractivity contribution in [1.29, 1.82) is 0 Å². The average molecular weight is 413 g/mol. The van der Waals surface area contributed by atoms with Crippen LogP contribution >= 0.6 is 11.8 Å². The van der Waals surface area contributed by atoms with Crippen LogP contribution in [0, 0.1) is 0 Å². The Morgan fingerprint density at radius 3 is 2.69 bits per heavy atom. The predicted octanol–water partition coefficient (Wildman–Crippen LogP) is 3.39. The van der Waals surface area contributed by atoms with Crippen LogP contribution in [0.15, 0.2) is 64.5 Å². The third-order valence-electron chi connectivity index (χ3n) is 4.37. The third-order valence-corrected chi connectivity index (χ3v) is 5.46. The zero-order valence-electron chi connectivity index (χ0n) is 16.4. The average Bonchev–Trinajstić information content (AvgIpc) is 3.08. The maximum absolute atomic E-state index is 12.8. The molecule has 1 atom stereocenters. The Kier molecular flexibility index (Phi) is 7.26. The summed E-state index contributed by atoms with van der Waals surface area (Å²) < 4.78 is 6.57. The number of aromatic amines is 1. The van der Waals surface area contributed by atoms with Crippen molar-refractivity contribution in [1.82, 2.24) is 14.8 Å². The molecule has 0 radical (unpaired) electrons. The maximum Gasteiger partial charge on any atom is 0.343 e. The van der Waals surface area contributed by atoms with Gasteiger partial charge in [-0.25, -0.2) is 9.89 Å². The number of thioether (sulfide) groups is 1. The fourth-order valence-corrected chi connectivity index (χ4v) is 3.75. The minimum Gasteiger partial charge on any atom is -0.385 e. The first-order valence-electron chi connectivity index (χ1n) is 9.36. The van der Waals surface area contributed by atoms with Gasteiger partial charge in [0.1, 0.15) is 0 Å². The van der Waals surface area contributed by atoms with Gasteiger partial charge in [-0.3, -0.25) is 9.36 Å². The van der Waals surface area contributed by atoms with Crippen LogP contribution in [0.25, 0.3) is 11.1 Å². The quantitative estimate of drug-likeness (QED) is 0.415. The van der Waals surface area contributed by atoms with Crippen LogP contribution in [0.4, 0.5) is 5.69 Å². The molecule has 2 aromatic carbocycles. The number of hydrogen-bond donors (Lipinski definition) is 2. The number of nitrogens with one attached hydrogen (secondary N) is 2.